The smallest absolute Gasteiger partial charge is 0.475 e. The Kier molecular flexibility index (Phi) is 8.50. The van der Waals surface area contributed by atoms with E-state index in [4.69, 9.17) is 14.2 Å². The molecule has 0 bridgehead atoms. The lowest BCUT2D eigenvalue weighted by molar-refractivity contribution is -0.919. The maximum Gasteiger partial charge on any atom is 0.512 e. The highest BCUT2D eigenvalue weighted by Crippen LogP contribution is 2.30. The highest BCUT2D eigenvalue weighted by Gasteiger charge is 2.31. The molecule has 8 heteroatoms. The van der Waals surface area contributed by atoms with Crippen LogP contribution in [-0.4, -0.2) is 59.0 Å². The number of ether oxygens (including phenoxy) is 3. The van der Waals surface area contributed by atoms with Crippen LogP contribution >= 0.6 is 11.7 Å². The maximum atomic E-state index is 11.7. The zero-order chi connectivity index (χ0) is 19.7. The highest BCUT2D eigenvalue weighted by atomic mass is 32.1. The van der Waals surface area contributed by atoms with E-state index in [1.54, 1.807) is 13.8 Å². The minimum atomic E-state index is -0.619. The van der Waals surface area contributed by atoms with Gasteiger partial charge < -0.3 is 14.2 Å². The van der Waals surface area contributed by atoms with Gasteiger partial charge in [0.15, 0.2) is 0 Å². The van der Waals surface area contributed by atoms with Crippen molar-refractivity contribution < 1.29 is 23.5 Å². The summed E-state index contributed by atoms with van der Waals surface area (Å²) in [6.45, 7) is 8.35. The predicted octanol–water partition coefficient (Wildman–Crippen LogP) is 4.25. The third-order valence-electron chi connectivity index (χ3n) is 4.44. The van der Waals surface area contributed by atoms with Gasteiger partial charge in [-0.3, -0.25) is 4.48 Å². The number of carbonyl (C=O) groups excluding carboxylic acids is 1. The van der Waals surface area contributed by atoms with Crippen LogP contribution < -0.4 is 4.74 Å². The fourth-order valence-corrected chi connectivity index (χ4v) is 3.52. The van der Waals surface area contributed by atoms with E-state index in [-0.39, 0.29) is 12.8 Å². The number of hydrogen-bond donors (Lipinski definition) is 0. The molecule has 0 fully saturated rings. The van der Waals surface area contributed by atoms with Crippen LogP contribution in [0, 0.1) is 0 Å². The van der Waals surface area contributed by atoms with Crippen LogP contribution in [0.3, 0.4) is 0 Å². The quantitative estimate of drug-likeness (QED) is 0.333. The Morgan fingerprint density at radius 3 is 2.85 bits per heavy atom. The first-order chi connectivity index (χ1) is 12.9. The van der Waals surface area contributed by atoms with Crippen LogP contribution in [0.4, 0.5) is 4.79 Å². The molecule has 1 aliphatic rings. The molecule has 0 spiro atoms. The molecular weight excluding hydrogens is 366 g/mol. The molecule has 0 radical (unpaired) electrons. The van der Waals surface area contributed by atoms with Crippen molar-refractivity contribution in [3.63, 3.8) is 0 Å². The fraction of sp³-hybridized carbons (Fsp3) is 0.737. The average Bonchev–Trinajstić information content (AvgIpc) is 3.08. The first-order valence-corrected chi connectivity index (χ1v) is 10.5. The van der Waals surface area contributed by atoms with Crippen LogP contribution in [0.1, 0.15) is 58.6 Å². The zero-order valence-electron chi connectivity index (χ0n) is 16.9. The molecule has 1 aliphatic heterocycles. The standard InChI is InChI=1S/C19H32N3O4S/c1-5-6-7-8-12-24-18-17(20-27-21-18)16-10-9-11-22(4,13-16)14-25-19(23)26-15(2)3/h10,15H,5-9,11-14H2,1-4H3/q+1. The largest absolute Gasteiger partial charge is 0.512 e. The lowest BCUT2D eigenvalue weighted by Crippen LogP contribution is -2.49. The van der Waals surface area contributed by atoms with Crippen molar-refractivity contribution in [2.24, 2.45) is 0 Å². The second-order valence-corrected chi connectivity index (χ2v) is 8.06. The van der Waals surface area contributed by atoms with E-state index in [0.29, 0.717) is 23.5 Å². The Morgan fingerprint density at radius 2 is 2.11 bits per heavy atom. The van der Waals surface area contributed by atoms with Gasteiger partial charge in [-0.25, -0.2) is 4.79 Å². The van der Waals surface area contributed by atoms with Crippen LogP contribution in [-0.2, 0) is 9.47 Å². The monoisotopic (exact) mass is 398 g/mol. The van der Waals surface area contributed by atoms with Crippen molar-refractivity contribution in [1.82, 2.24) is 8.75 Å². The molecule has 27 heavy (non-hydrogen) atoms. The number of quaternary nitrogens is 1. The van der Waals surface area contributed by atoms with Crippen molar-refractivity contribution in [3.8, 4) is 5.88 Å². The summed E-state index contributed by atoms with van der Waals surface area (Å²) in [5.41, 5.74) is 1.92. The van der Waals surface area contributed by atoms with E-state index in [0.717, 1.165) is 30.7 Å². The summed E-state index contributed by atoms with van der Waals surface area (Å²) in [7, 11) is 2.07. The van der Waals surface area contributed by atoms with Gasteiger partial charge in [0.1, 0.15) is 12.2 Å². The Balaban J connectivity index is 1.91. The van der Waals surface area contributed by atoms with Crippen molar-refractivity contribution in [2.75, 3.05) is 33.5 Å². The van der Waals surface area contributed by atoms with Gasteiger partial charge in [0.25, 0.3) is 5.88 Å². The van der Waals surface area contributed by atoms with E-state index in [1.807, 2.05) is 0 Å². The number of likely N-dealkylation sites (N-methyl/N-ethyl adjacent to an activating group) is 1. The number of unbranched alkanes of at least 4 members (excludes halogenated alkanes) is 3. The Morgan fingerprint density at radius 1 is 1.30 bits per heavy atom. The molecular formula is C19H32N3O4S+. The highest BCUT2D eigenvalue weighted by molar-refractivity contribution is 6.99. The summed E-state index contributed by atoms with van der Waals surface area (Å²) >= 11 is 1.18. The van der Waals surface area contributed by atoms with E-state index < -0.39 is 6.16 Å². The number of rotatable bonds is 10. The molecule has 2 rings (SSSR count). The maximum absolute atomic E-state index is 11.7. The third-order valence-corrected chi connectivity index (χ3v) is 4.95. The summed E-state index contributed by atoms with van der Waals surface area (Å²) in [4.78, 5) is 11.7. The second-order valence-electron chi connectivity index (χ2n) is 7.54. The van der Waals surface area contributed by atoms with Crippen LogP contribution in [0.25, 0.3) is 5.57 Å². The van der Waals surface area contributed by atoms with Crippen LogP contribution in [0.15, 0.2) is 6.08 Å². The number of carbonyl (C=O) groups is 1. The molecule has 2 heterocycles. The van der Waals surface area contributed by atoms with Gasteiger partial charge in [-0.05, 0) is 20.3 Å². The summed E-state index contributed by atoms with van der Waals surface area (Å²) in [5.74, 6) is 0.622. The molecule has 0 aliphatic carbocycles. The van der Waals surface area contributed by atoms with E-state index in [1.165, 1.54) is 31.0 Å². The minimum absolute atomic E-state index is 0.183. The third kappa shape index (κ3) is 7.10. The van der Waals surface area contributed by atoms with E-state index >= 15 is 0 Å². The number of nitrogens with zero attached hydrogens (tertiary/aromatic N) is 3. The first-order valence-electron chi connectivity index (χ1n) is 9.75. The van der Waals surface area contributed by atoms with Gasteiger partial charge in [0.2, 0.25) is 6.73 Å². The topological polar surface area (TPSA) is 70.5 Å². The molecule has 0 N–H and O–H groups in total. The fourth-order valence-electron chi connectivity index (χ4n) is 2.99. The minimum Gasteiger partial charge on any atom is -0.475 e. The number of hydrogen-bond acceptors (Lipinski definition) is 7. The Hall–Kier alpha value is -1.67. The molecule has 0 aromatic carbocycles. The van der Waals surface area contributed by atoms with Gasteiger partial charge >= 0.3 is 6.16 Å². The summed E-state index contributed by atoms with van der Waals surface area (Å²) in [6.07, 6.45) is 6.92. The van der Waals surface area contributed by atoms with Gasteiger partial charge in [0, 0.05) is 12.0 Å². The second kappa shape index (κ2) is 10.6. The molecule has 1 unspecified atom stereocenters. The van der Waals surface area contributed by atoms with Gasteiger partial charge in [-0.1, -0.05) is 32.3 Å². The van der Waals surface area contributed by atoms with Crippen molar-refractivity contribution in [1.29, 1.82) is 0 Å². The van der Waals surface area contributed by atoms with E-state index in [9.17, 15) is 4.79 Å². The predicted molar refractivity (Wildman–Crippen MR) is 106 cm³/mol. The Labute approximate surface area is 166 Å². The van der Waals surface area contributed by atoms with Gasteiger partial charge in [-0.2, -0.15) is 4.37 Å². The van der Waals surface area contributed by atoms with Crippen LogP contribution in [0.2, 0.25) is 0 Å². The Bertz CT molecular complexity index is 632. The molecule has 7 nitrogen and oxygen atoms in total. The lowest BCUT2D eigenvalue weighted by Gasteiger charge is -2.36. The van der Waals surface area contributed by atoms with Gasteiger partial charge in [0.05, 0.1) is 38.0 Å². The SMILES string of the molecule is CCCCCCOc1nsnc1C1=CCC[N+](C)(COC(=O)OC(C)C)C1. The first kappa shape index (κ1) is 21.6. The number of aromatic nitrogens is 2. The summed E-state index contributed by atoms with van der Waals surface area (Å²) in [5, 5.41) is 0. The molecule has 0 saturated carbocycles. The molecule has 1 aromatic rings. The molecule has 0 amide bonds. The zero-order valence-corrected chi connectivity index (χ0v) is 17.7. The molecule has 1 aromatic heterocycles. The normalized spacial score (nSPS) is 19.7. The lowest BCUT2D eigenvalue weighted by atomic mass is 10.1. The summed E-state index contributed by atoms with van der Waals surface area (Å²) in [6, 6.07) is 0. The van der Waals surface area contributed by atoms with Gasteiger partial charge in [-0.15, -0.1) is 4.37 Å². The van der Waals surface area contributed by atoms with Crippen LogP contribution in [0.5, 0.6) is 5.88 Å². The molecule has 152 valence electrons. The average molecular weight is 399 g/mol. The van der Waals surface area contributed by atoms with Crippen molar-refractivity contribution in [3.05, 3.63) is 11.8 Å². The molecule has 1 atom stereocenters. The van der Waals surface area contributed by atoms with Crippen molar-refractivity contribution in [2.45, 2.75) is 59.0 Å². The van der Waals surface area contributed by atoms with E-state index in [2.05, 4.69) is 28.8 Å². The molecule has 0 saturated heterocycles. The van der Waals surface area contributed by atoms with Crippen molar-refractivity contribution >= 4 is 23.5 Å². The summed E-state index contributed by atoms with van der Waals surface area (Å²) < 4.78 is 25.6.